The highest BCUT2D eigenvalue weighted by atomic mass is 35.5. The van der Waals surface area contributed by atoms with Crippen LogP contribution in [-0.4, -0.2) is 31.5 Å². The number of benzene rings is 3. The summed E-state index contributed by atoms with van der Waals surface area (Å²) in [5, 5.41) is 5.86. The van der Waals surface area contributed by atoms with Crippen LogP contribution in [0.1, 0.15) is 39.2 Å². The summed E-state index contributed by atoms with van der Waals surface area (Å²) in [6, 6.07) is 20.4. The fourth-order valence-corrected chi connectivity index (χ4v) is 3.30. The van der Waals surface area contributed by atoms with Crippen molar-refractivity contribution in [2.24, 2.45) is 0 Å². The molecule has 0 aliphatic carbocycles. The Labute approximate surface area is 196 Å². The fourth-order valence-electron chi connectivity index (χ4n) is 3.12. The molecule has 170 valence electrons. The Kier molecular flexibility index (Phi) is 8.05. The van der Waals surface area contributed by atoms with Gasteiger partial charge in [-0.2, -0.15) is 0 Å². The Balaban J connectivity index is 1.63. The molecule has 0 saturated heterocycles. The summed E-state index contributed by atoms with van der Waals surface area (Å²) in [4.78, 5) is 37.6. The number of hydrogen-bond donors (Lipinski definition) is 2. The minimum atomic E-state index is -0.757. The van der Waals surface area contributed by atoms with Gasteiger partial charge in [-0.15, -0.1) is 0 Å². The first kappa shape index (κ1) is 23.8. The number of rotatable bonds is 8. The van der Waals surface area contributed by atoms with Crippen LogP contribution in [0, 0.1) is 0 Å². The van der Waals surface area contributed by atoms with Crippen molar-refractivity contribution in [2.75, 3.05) is 19.0 Å². The van der Waals surface area contributed by atoms with Gasteiger partial charge in [-0.1, -0.05) is 54.1 Å². The number of methoxy groups -OCH3 is 1. The molecular formula is C25H23ClN2O5. The number of carbonyl (C=O) groups excluding carboxylic acids is 3. The van der Waals surface area contributed by atoms with Gasteiger partial charge in [0, 0.05) is 5.02 Å². The summed E-state index contributed by atoms with van der Waals surface area (Å²) in [6.07, 6.45) is 0. The highest BCUT2D eigenvalue weighted by Gasteiger charge is 2.18. The SMILES string of the molecule is COc1ccc(Cl)cc1C(=O)OCC(=O)Nc1ccccc1C(=O)NC(C)c1ccccc1. The van der Waals surface area contributed by atoms with Crippen LogP contribution in [-0.2, 0) is 9.53 Å². The Hall–Kier alpha value is -3.84. The van der Waals surface area contributed by atoms with Crippen LogP contribution in [0.25, 0.3) is 0 Å². The first-order valence-electron chi connectivity index (χ1n) is 10.1. The summed E-state index contributed by atoms with van der Waals surface area (Å²) in [7, 11) is 1.41. The minimum absolute atomic E-state index is 0.104. The number of nitrogens with one attached hydrogen (secondary N) is 2. The second kappa shape index (κ2) is 11.2. The maximum Gasteiger partial charge on any atom is 0.342 e. The molecule has 0 heterocycles. The first-order valence-corrected chi connectivity index (χ1v) is 10.5. The molecule has 0 aliphatic rings. The number of anilines is 1. The second-order valence-electron chi connectivity index (χ2n) is 7.12. The molecule has 0 bridgehead atoms. The third-order valence-electron chi connectivity index (χ3n) is 4.81. The average Bonchev–Trinajstić information content (AvgIpc) is 2.83. The average molecular weight is 467 g/mol. The molecule has 3 rings (SSSR count). The van der Waals surface area contributed by atoms with E-state index in [0.29, 0.717) is 10.7 Å². The maximum absolute atomic E-state index is 12.8. The molecule has 1 atom stereocenters. The third-order valence-corrected chi connectivity index (χ3v) is 5.04. The quantitative estimate of drug-likeness (QED) is 0.472. The van der Waals surface area contributed by atoms with Crippen molar-refractivity contribution in [3.63, 3.8) is 0 Å². The molecule has 33 heavy (non-hydrogen) atoms. The molecule has 3 aromatic rings. The van der Waals surface area contributed by atoms with Gasteiger partial charge in [-0.05, 0) is 42.8 Å². The van der Waals surface area contributed by atoms with Gasteiger partial charge in [0.15, 0.2) is 6.61 Å². The van der Waals surface area contributed by atoms with Crippen LogP contribution in [0.4, 0.5) is 5.69 Å². The minimum Gasteiger partial charge on any atom is -0.496 e. The Morgan fingerprint density at radius 3 is 2.36 bits per heavy atom. The number of esters is 1. The Bertz CT molecular complexity index is 1150. The first-order chi connectivity index (χ1) is 15.9. The van der Waals surface area contributed by atoms with Gasteiger partial charge in [0.2, 0.25) is 0 Å². The van der Waals surface area contributed by atoms with Crippen molar-refractivity contribution in [1.29, 1.82) is 0 Å². The van der Waals surface area contributed by atoms with Crippen molar-refractivity contribution in [3.05, 3.63) is 94.5 Å². The predicted octanol–water partition coefficient (Wildman–Crippen LogP) is 4.64. The summed E-state index contributed by atoms with van der Waals surface area (Å²) < 4.78 is 10.2. The van der Waals surface area contributed by atoms with Crippen LogP contribution in [0.3, 0.4) is 0 Å². The molecule has 2 amide bonds. The smallest absolute Gasteiger partial charge is 0.342 e. The highest BCUT2D eigenvalue weighted by Crippen LogP contribution is 2.23. The second-order valence-corrected chi connectivity index (χ2v) is 7.56. The number of halogens is 1. The molecule has 7 nitrogen and oxygen atoms in total. The van der Waals surface area contributed by atoms with Gasteiger partial charge in [0.1, 0.15) is 11.3 Å². The van der Waals surface area contributed by atoms with Crippen molar-refractivity contribution < 1.29 is 23.9 Å². The van der Waals surface area contributed by atoms with Gasteiger partial charge in [0.25, 0.3) is 11.8 Å². The summed E-state index contributed by atoms with van der Waals surface area (Å²) in [6.45, 7) is 1.32. The molecule has 2 N–H and O–H groups in total. The van der Waals surface area contributed by atoms with E-state index in [1.54, 1.807) is 30.3 Å². The van der Waals surface area contributed by atoms with Crippen molar-refractivity contribution >= 4 is 35.1 Å². The number of carbonyl (C=O) groups is 3. The van der Waals surface area contributed by atoms with Gasteiger partial charge in [-0.3, -0.25) is 9.59 Å². The lowest BCUT2D eigenvalue weighted by molar-refractivity contribution is -0.119. The van der Waals surface area contributed by atoms with E-state index < -0.39 is 18.5 Å². The molecule has 0 spiro atoms. The van der Waals surface area contributed by atoms with Crippen molar-refractivity contribution in [3.8, 4) is 5.75 Å². The maximum atomic E-state index is 12.8. The topological polar surface area (TPSA) is 93.7 Å². The Morgan fingerprint density at radius 2 is 1.64 bits per heavy atom. The van der Waals surface area contributed by atoms with Gasteiger partial charge in [-0.25, -0.2) is 4.79 Å². The van der Waals surface area contributed by atoms with Crippen molar-refractivity contribution in [1.82, 2.24) is 5.32 Å². The lowest BCUT2D eigenvalue weighted by Crippen LogP contribution is -2.28. The van der Waals surface area contributed by atoms with E-state index >= 15 is 0 Å². The molecule has 0 aromatic heterocycles. The molecule has 3 aromatic carbocycles. The summed E-state index contributed by atoms with van der Waals surface area (Å²) in [5.41, 5.74) is 1.65. The van der Waals surface area contributed by atoms with Gasteiger partial charge in [0.05, 0.1) is 24.4 Å². The van der Waals surface area contributed by atoms with E-state index in [1.165, 1.54) is 19.2 Å². The lowest BCUT2D eigenvalue weighted by Gasteiger charge is -2.16. The van der Waals surface area contributed by atoms with E-state index in [2.05, 4.69) is 10.6 Å². The molecule has 0 aliphatic heterocycles. The number of para-hydroxylation sites is 1. The lowest BCUT2D eigenvalue weighted by atomic mass is 10.1. The molecule has 1 unspecified atom stereocenters. The van der Waals surface area contributed by atoms with Crippen LogP contribution >= 0.6 is 11.6 Å². The molecule has 0 saturated carbocycles. The Morgan fingerprint density at radius 1 is 0.939 bits per heavy atom. The zero-order chi connectivity index (χ0) is 23.8. The van der Waals surface area contributed by atoms with E-state index in [1.807, 2.05) is 37.3 Å². The van der Waals surface area contributed by atoms with Gasteiger partial charge >= 0.3 is 5.97 Å². The molecule has 8 heteroatoms. The predicted molar refractivity (Wildman–Crippen MR) is 126 cm³/mol. The highest BCUT2D eigenvalue weighted by molar-refractivity contribution is 6.31. The number of amides is 2. The number of ether oxygens (including phenoxy) is 2. The van der Waals surface area contributed by atoms with Crippen LogP contribution in [0.5, 0.6) is 5.75 Å². The number of hydrogen-bond acceptors (Lipinski definition) is 5. The van der Waals surface area contributed by atoms with E-state index in [0.717, 1.165) is 5.56 Å². The third kappa shape index (κ3) is 6.33. The molecular weight excluding hydrogens is 444 g/mol. The van der Waals surface area contributed by atoms with Gasteiger partial charge < -0.3 is 20.1 Å². The van der Waals surface area contributed by atoms with E-state index in [-0.39, 0.29) is 28.8 Å². The normalized spacial score (nSPS) is 11.2. The van der Waals surface area contributed by atoms with E-state index in [4.69, 9.17) is 21.1 Å². The standard InChI is InChI=1S/C25H23ClN2O5/c1-16(17-8-4-3-5-9-17)27-24(30)19-10-6-7-11-21(19)28-23(29)15-33-25(31)20-14-18(26)12-13-22(20)32-2/h3-14,16H,15H2,1-2H3,(H,27,30)(H,28,29). The van der Waals surface area contributed by atoms with Crippen LogP contribution < -0.4 is 15.4 Å². The monoisotopic (exact) mass is 466 g/mol. The largest absolute Gasteiger partial charge is 0.496 e. The summed E-state index contributed by atoms with van der Waals surface area (Å²) >= 11 is 5.93. The van der Waals surface area contributed by atoms with Crippen LogP contribution in [0.15, 0.2) is 72.8 Å². The zero-order valence-corrected chi connectivity index (χ0v) is 18.9. The molecule has 0 fully saturated rings. The summed E-state index contributed by atoms with van der Waals surface area (Å²) in [5.74, 6) is -1.42. The van der Waals surface area contributed by atoms with Crippen LogP contribution in [0.2, 0.25) is 5.02 Å². The van der Waals surface area contributed by atoms with E-state index in [9.17, 15) is 14.4 Å². The fraction of sp³-hybridized carbons (Fsp3) is 0.160. The molecule has 0 radical (unpaired) electrons. The van der Waals surface area contributed by atoms with Crippen molar-refractivity contribution in [2.45, 2.75) is 13.0 Å². The zero-order valence-electron chi connectivity index (χ0n) is 18.1.